The van der Waals surface area contributed by atoms with E-state index < -0.39 is 0 Å². The van der Waals surface area contributed by atoms with Gasteiger partial charge < -0.3 is 10.1 Å². The van der Waals surface area contributed by atoms with Gasteiger partial charge in [-0.25, -0.2) is 0 Å². The molecule has 92 valence electrons. The van der Waals surface area contributed by atoms with Crippen LogP contribution in [-0.2, 0) is 4.79 Å². The Labute approximate surface area is 97.3 Å². The zero-order chi connectivity index (χ0) is 12.1. The van der Waals surface area contributed by atoms with Crippen LogP contribution >= 0.6 is 0 Å². The number of rotatable bonds is 3. The van der Waals surface area contributed by atoms with Crippen molar-refractivity contribution >= 4 is 11.6 Å². The highest BCUT2D eigenvalue weighted by Gasteiger charge is 2.28. The topological polar surface area (TPSA) is 52.9 Å². The van der Waals surface area contributed by atoms with E-state index >= 15 is 0 Å². The first-order valence-electron chi connectivity index (χ1n) is 6.13. The van der Waals surface area contributed by atoms with Crippen LogP contribution < -0.4 is 0 Å². The number of carbonyl (C=O) groups excluding carboxylic acids is 1. The van der Waals surface area contributed by atoms with Crippen LogP contribution in [0.3, 0.4) is 0 Å². The molecule has 1 aliphatic rings. The molecule has 0 aromatic carbocycles. The second-order valence-corrected chi connectivity index (χ2v) is 4.54. The first-order chi connectivity index (χ1) is 7.63. The first-order valence-corrected chi connectivity index (χ1v) is 6.13. The molecule has 1 unspecified atom stereocenters. The second kappa shape index (κ2) is 5.87. The highest BCUT2D eigenvalue weighted by atomic mass is 16.4. The summed E-state index contributed by atoms with van der Waals surface area (Å²) in [5.74, 6) is 0.589. The van der Waals surface area contributed by atoms with Gasteiger partial charge in [-0.3, -0.25) is 4.79 Å². The minimum absolute atomic E-state index is 0.153. The Balaban J connectivity index is 2.60. The van der Waals surface area contributed by atoms with Gasteiger partial charge in [-0.1, -0.05) is 25.9 Å². The summed E-state index contributed by atoms with van der Waals surface area (Å²) in [6, 6.07) is 0. The van der Waals surface area contributed by atoms with Crippen LogP contribution in [0.15, 0.2) is 5.16 Å². The van der Waals surface area contributed by atoms with Gasteiger partial charge in [0.05, 0.1) is 5.71 Å². The van der Waals surface area contributed by atoms with Gasteiger partial charge in [0.15, 0.2) is 0 Å². The SMILES string of the molecule is CCC(CC)C(=O)N1CCC(=NO)C(C)C1. The van der Waals surface area contributed by atoms with Crippen LogP contribution in [0, 0.1) is 11.8 Å². The maximum atomic E-state index is 12.1. The molecule has 0 aliphatic carbocycles. The number of likely N-dealkylation sites (tertiary alicyclic amines) is 1. The molecule has 4 heteroatoms. The minimum Gasteiger partial charge on any atom is -0.411 e. The Bertz CT molecular complexity index is 272. The van der Waals surface area contributed by atoms with E-state index in [2.05, 4.69) is 19.0 Å². The Kier molecular flexibility index (Phi) is 4.77. The predicted octanol–water partition coefficient (Wildman–Crippen LogP) is 2.12. The number of hydrogen-bond donors (Lipinski definition) is 1. The van der Waals surface area contributed by atoms with E-state index in [0.717, 1.165) is 18.6 Å². The summed E-state index contributed by atoms with van der Waals surface area (Å²) in [5.41, 5.74) is 0.814. The average molecular weight is 226 g/mol. The molecule has 0 radical (unpaired) electrons. The number of amides is 1. The van der Waals surface area contributed by atoms with Crippen molar-refractivity contribution in [2.45, 2.75) is 40.0 Å². The molecule has 16 heavy (non-hydrogen) atoms. The van der Waals surface area contributed by atoms with Gasteiger partial charge in [0, 0.05) is 31.3 Å². The lowest BCUT2D eigenvalue weighted by Gasteiger charge is -2.33. The molecule has 1 atom stereocenters. The van der Waals surface area contributed by atoms with Crippen LogP contribution in [0.4, 0.5) is 0 Å². The lowest BCUT2D eigenvalue weighted by Crippen LogP contribution is -2.45. The van der Waals surface area contributed by atoms with Gasteiger partial charge in [-0.15, -0.1) is 0 Å². The summed E-state index contributed by atoms with van der Waals surface area (Å²) >= 11 is 0. The van der Waals surface area contributed by atoms with Crippen LogP contribution in [0.2, 0.25) is 0 Å². The number of oxime groups is 1. The monoisotopic (exact) mass is 226 g/mol. The summed E-state index contributed by atoms with van der Waals surface area (Å²) < 4.78 is 0. The van der Waals surface area contributed by atoms with Crippen molar-refractivity contribution in [2.75, 3.05) is 13.1 Å². The fraction of sp³-hybridized carbons (Fsp3) is 0.833. The molecule has 4 nitrogen and oxygen atoms in total. The number of nitrogens with zero attached hydrogens (tertiary/aromatic N) is 2. The van der Waals surface area contributed by atoms with E-state index in [4.69, 9.17) is 5.21 Å². The normalized spacial score (nSPS) is 24.1. The van der Waals surface area contributed by atoms with Gasteiger partial charge in [0.1, 0.15) is 0 Å². The lowest BCUT2D eigenvalue weighted by atomic mass is 9.94. The standard InChI is InChI=1S/C12H22N2O2/c1-4-10(5-2)12(15)14-7-6-11(13-16)9(3)8-14/h9-10,16H,4-8H2,1-3H3. The maximum Gasteiger partial charge on any atom is 0.225 e. The Morgan fingerprint density at radius 3 is 2.62 bits per heavy atom. The molecule has 0 spiro atoms. The van der Waals surface area contributed by atoms with Gasteiger partial charge in [0.2, 0.25) is 5.91 Å². The zero-order valence-electron chi connectivity index (χ0n) is 10.4. The molecule has 1 rings (SSSR count). The molecule has 1 fully saturated rings. The highest BCUT2D eigenvalue weighted by Crippen LogP contribution is 2.18. The van der Waals surface area contributed by atoms with E-state index in [0.29, 0.717) is 19.5 Å². The number of carbonyl (C=O) groups is 1. The van der Waals surface area contributed by atoms with Crippen molar-refractivity contribution in [2.24, 2.45) is 17.0 Å². The van der Waals surface area contributed by atoms with Crippen molar-refractivity contribution < 1.29 is 10.0 Å². The molecule has 1 N–H and O–H groups in total. The smallest absolute Gasteiger partial charge is 0.225 e. The number of hydrogen-bond acceptors (Lipinski definition) is 3. The van der Waals surface area contributed by atoms with E-state index in [9.17, 15) is 4.79 Å². The van der Waals surface area contributed by atoms with Crippen LogP contribution in [0.5, 0.6) is 0 Å². The van der Waals surface area contributed by atoms with Crippen molar-refractivity contribution in [1.82, 2.24) is 4.90 Å². The Morgan fingerprint density at radius 2 is 2.19 bits per heavy atom. The quantitative estimate of drug-likeness (QED) is 0.592. The highest BCUT2D eigenvalue weighted by molar-refractivity contribution is 5.89. The lowest BCUT2D eigenvalue weighted by molar-refractivity contribution is -0.136. The van der Waals surface area contributed by atoms with E-state index in [1.54, 1.807) is 0 Å². The van der Waals surface area contributed by atoms with Crippen molar-refractivity contribution in [1.29, 1.82) is 0 Å². The van der Waals surface area contributed by atoms with Gasteiger partial charge in [-0.05, 0) is 12.8 Å². The molecule has 0 aromatic heterocycles. The Hall–Kier alpha value is -1.06. The summed E-state index contributed by atoms with van der Waals surface area (Å²) in [6.45, 7) is 7.50. The summed E-state index contributed by atoms with van der Waals surface area (Å²) in [6.07, 6.45) is 2.51. The van der Waals surface area contributed by atoms with Gasteiger partial charge in [0.25, 0.3) is 0 Å². The first kappa shape index (κ1) is 13.0. The van der Waals surface area contributed by atoms with Crippen molar-refractivity contribution in [3.63, 3.8) is 0 Å². The van der Waals surface area contributed by atoms with Gasteiger partial charge >= 0.3 is 0 Å². The molecular formula is C12H22N2O2. The van der Waals surface area contributed by atoms with Gasteiger partial charge in [-0.2, -0.15) is 0 Å². The van der Waals surface area contributed by atoms with E-state index in [1.807, 2.05) is 11.8 Å². The third kappa shape index (κ3) is 2.74. The molecular weight excluding hydrogens is 204 g/mol. The summed E-state index contributed by atoms with van der Waals surface area (Å²) in [5, 5.41) is 12.1. The zero-order valence-corrected chi connectivity index (χ0v) is 10.4. The second-order valence-electron chi connectivity index (χ2n) is 4.54. The Morgan fingerprint density at radius 1 is 1.56 bits per heavy atom. The third-order valence-electron chi connectivity index (χ3n) is 3.48. The third-order valence-corrected chi connectivity index (χ3v) is 3.48. The van der Waals surface area contributed by atoms with Crippen LogP contribution in [0.1, 0.15) is 40.0 Å². The predicted molar refractivity (Wildman–Crippen MR) is 63.7 cm³/mol. The summed E-state index contributed by atoms with van der Waals surface area (Å²) in [7, 11) is 0. The van der Waals surface area contributed by atoms with Crippen LogP contribution in [-0.4, -0.2) is 34.8 Å². The molecule has 1 amide bonds. The molecule has 0 bridgehead atoms. The van der Waals surface area contributed by atoms with Crippen molar-refractivity contribution in [3.8, 4) is 0 Å². The molecule has 1 aliphatic heterocycles. The van der Waals surface area contributed by atoms with E-state index in [1.165, 1.54) is 0 Å². The fourth-order valence-electron chi connectivity index (χ4n) is 2.27. The number of piperidine rings is 1. The largest absolute Gasteiger partial charge is 0.411 e. The van der Waals surface area contributed by atoms with Crippen molar-refractivity contribution in [3.05, 3.63) is 0 Å². The minimum atomic E-state index is 0.153. The fourth-order valence-corrected chi connectivity index (χ4v) is 2.27. The summed E-state index contributed by atoms with van der Waals surface area (Å²) in [4.78, 5) is 14.0. The maximum absolute atomic E-state index is 12.1. The molecule has 0 aromatic rings. The van der Waals surface area contributed by atoms with Crippen LogP contribution in [0.25, 0.3) is 0 Å². The molecule has 1 heterocycles. The average Bonchev–Trinajstić information content (AvgIpc) is 2.30. The van der Waals surface area contributed by atoms with E-state index in [-0.39, 0.29) is 17.7 Å². The molecule has 1 saturated heterocycles. The molecule has 0 saturated carbocycles.